The molecule has 0 aliphatic heterocycles. The Bertz CT molecular complexity index is 1300. The second-order valence-electron chi connectivity index (χ2n) is 7.48. The molecule has 0 aliphatic rings. The van der Waals surface area contributed by atoms with E-state index in [2.05, 4.69) is 42.3 Å². The second kappa shape index (κ2) is 10.7. The van der Waals surface area contributed by atoms with Crippen molar-refractivity contribution in [2.45, 2.75) is 25.1 Å². The van der Waals surface area contributed by atoms with Gasteiger partial charge in [0.05, 0.1) is 14.5 Å². The van der Waals surface area contributed by atoms with Crippen molar-refractivity contribution in [1.82, 2.24) is 10.5 Å². The summed E-state index contributed by atoms with van der Waals surface area (Å²) in [4.78, 5) is 36.4. The summed E-state index contributed by atoms with van der Waals surface area (Å²) in [5.41, 5.74) is -1.56. The van der Waals surface area contributed by atoms with Crippen LogP contribution in [-0.2, 0) is 23.8 Å². The van der Waals surface area contributed by atoms with Gasteiger partial charge < -0.3 is 25.2 Å². The average Bonchev–Trinajstić information content (AvgIpc) is 3.20. The van der Waals surface area contributed by atoms with Crippen LogP contribution in [0.5, 0.6) is 5.75 Å². The Kier molecular flexibility index (Phi) is 8.09. The number of aromatic carboxylic acids is 1. The third kappa shape index (κ3) is 6.23. The van der Waals surface area contributed by atoms with Gasteiger partial charge in [0.2, 0.25) is 5.69 Å². The van der Waals surface area contributed by atoms with Crippen molar-refractivity contribution >= 4 is 49.7 Å². The lowest BCUT2D eigenvalue weighted by atomic mass is 10.0. The second-order valence-corrected chi connectivity index (χ2v) is 9.19. The van der Waals surface area contributed by atoms with Crippen LogP contribution in [0.3, 0.4) is 0 Å². The Balaban J connectivity index is 1.88. The number of alkyl halides is 3. The highest BCUT2D eigenvalue weighted by molar-refractivity contribution is 9.11. The molecule has 0 fully saturated rings. The number of aliphatic carboxylic acids is 1. The van der Waals surface area contributed by atoms with Crippen LogP contribution in [0.15, 0.2) is 49.9 Å². The fourth-order valence-corrected chi connectivity index (χ4v) is 4.51. The highest BCUT2D eigenvalue weighted by atomic mass is 79.9. The first-order chi connectivity index (χ1) is 16.8. The number of carboxylic acid groups (broad SMARTS) is 2. The minimum absolute atomic E-state index is 0.113. The predicted octanol–water partition coefficient (Wildman–Crippen LogP) is 4.64. The van der Waals surface area contributed by atoms with Gasteiger partial charge in [0.1, 0.15) is 17.4 Å². The largest absolute Gasteiger partial charge is 0.506 e. The monoisotopic (exact) mass is 634 g/mol. The van der Waals surface area contributed by atoms with Crippen molar-refractivity contribution in [3.63, 3.8) is 0 Å². The summed E-state index contributed by atoms with van der Waals surface area (Å²) in [6, 6.07) is 5.27. The van der Waals surface area contributed by atoms with E-state index in [0.29, 0.717) is 5.56 Å². The van der Waals surface area contributed by atoms with E-state index in [1.165, 1.54) is 12.1 Å². The molecule has 1 atom stereocenters. The van der Waals surface area contributed by atoms with E-state index in [1.54, 1.807) is 0 Å². The Labute approximate surface area is 217 Å². The fourth-order valence-electron chi connectivity index (χ4n) is 3.22. The van der Waals surface area contributed by atoms with Crippen LogP contribution in [0, 0.1) is 0 Å². The van der Waals surface area contributed by atoms with E-state index in [1.807, 2.05) is 0 Å². The van der Waals surface area contributed by atoms with Crippen LogP contribution in [-0.4, -0.2) is 44.4 Å². The van der Waals surface area contributed by atoms with Gasteiger partial charge in [-0.05, 0) is 67.3 Å². The van der Waals surface area contributed by atoms with Crippen LogP contribution in [0.4, 0.5) is 13.2 Å². The molecule has 3 aromatic rings. The van der Waals surface area contributed by atoms with Crippen LogP contribution in [0.25, 0.3) is 0 Å². The maximum absolute atomic E-state index is 13.0. The van der Waals surface area contributed by atoms with Gasteiger partial charge in [0, 0.05) is 12.8 Å². The fraction of sp³-hybridized carbons (Fsp3) is 0.182. The molecule has 1 amide bonds. The van der Waals surface area contributed by atoms with Crippen LogP contribution >= 0.6 is 31.9 Å². The van der Waals surface area contributed by atoms with Gasteiger partial charge in [-0.3, -0.25) is 4.79 Å². The van der Waals surface area contributed by atoms with Gasteiger partial charge in [0.25, 0.3) is 5.91 Å². The molecular weight excluding hydrogens is 621 g/mol. The van der Waals surface area contributed by atoms with Crippen LogP contribution in [0.1, 0.15) is 43.3 Å². The number of carbonyl (C=O) groups excluding carboxylic acids is 1. The number of carbonyl (C=O) groups is 3. The third-order valence-electron chi connectivity index (χ3n) is 4.96. The number of nitrogens with one attached hydrogen (secondary N) is 1. The molecular formula is C22H15Br2F3N2O7. The van der Waals surface area contributed by atoms with E-state index in [-0.39, 0.29) is 38.9 Å². The molecule has 0 spiro atoms. The molecule has 0 aliphatic carbocycles. The van der Waals surface area contributed by atoms with Crippen LogP contribution < -0.4 is 5.32 Å². The summed E-state index contributed by atoms with van der Waals surface area (Å²) >= 11 is 6.25. The van der Waals surface area contributed by atoms with Crippen molar-refractivity contribution in [3.8, 4) is 5.75 Å². The Morgan fingerprint density at radius 3 is 2.11 bits per heavy atom. The number of benzene rings is 2. The summed E-state index contributed by atoms with van der Waals surface area (Å²) in [6.07, 6.45) is -5.07. The number of nitrogens with zero attached hydrogens (tertiary/aromatic N) is 1. The van der Waals surface area contributed by atoms with E-state index >= 15 is 0 Å². The summed E-state index contributed by atoms with van der Waals surface area (Å²) in [5.74, 6) is -4.55. The van der Waals surface area contributed by atoms with E-state index in [9.17, 15) is 42.9 Å². The number of halogens is 5. The van der Waals surface area contributed by atoms with Crippen LogP contribution in [0.2, 0.25) is 0 Å². The number of aromatic hydroxyl groups is 1. The summed E-state index contributed by atoms with van der Waals surface area (Å²) < 4.78 is 43.9. The predicted molar refractivity (Wildman–Crippen MR) is 124 cm³/mol. The minimum atomic E-state index is -4.55. The number of phenolic OH excluding ortho intramolecular Hbond substituents is 1. The molecule has 9 nitrogen and oxygen atoms in total. The lowest BCUT2D eigenvalue weighted by Gasteiger charge is -2.16. The van der Waals surface area contributed by atoms with Gasteiger partial charge in [-0.2, -0.15) is 13.2 Å². The zero-order valence-electron chi connectivity index (χ0n) is 17.8. The standard InChI is InChI=1S/C22H15Br2F3N2O7/c23-12-5-10(6-13(24)18(12)30)7-14(20(32)33)28-19(31)16-15(36-29-17(16)21(34)35)8-9-1-3-11(4-2-9)22(25,26)27/h1-6,14,30H,7-8H2,(H,28,31)(H,32,33)(H,34,35)/t14-/m0/s1. The van der Waals surface area contributed by atoms with E-state index in [0.717, 1.165) is 24.3 Å². The molecule has 3 rings (SSSR count). The molecule has 190 valence electrons. The van der Waals surface area contributed by atoms with E-state index in [4.69, 9.17) is 4.52 Å². The first-order valence-corrected chi connectivity index (χ1v) is 11.4. The maximum atomic E-state index is 13.0. The minimum Gasteiger partial charge on any atom is -0.506 e. The zero-order valence-corrected chi connectivity index (χ0v) is 20.9. The van der Waals surface area contributed by atoms with Crippen molar-refractivity contribution in [1.29, 1.82) is 0 Å². The third-order valence-corrected chi connectivity index (χ3v) is 6.17. The summed E-state index contributed by atoms with van der Waals surface area (Å²) in [5, 5.41) is 34.4. The number of aromatic nitrogens is 1. The molecule has 0 unspecified atom stereocenters. The molecule has 0 saturated heterocycles. The first-order valence-electron chi connectivity index (χ1n) is 9.86. The number of hydrogen-bond donors (Lipinski definition) is 4. The average molecular weight is 636 g/mol. The molecule has 0 radical (unpaired) electrons. The number of hydrogen-bond acceptors (Lipinski definition) is 6. The molecule has 4 N–H and O–H groups in total. The number of carboxylic acids is 2. The van der Waals surface area contributed by atoms with Gasteiger partial charge in [-0.25, -0.2) is 9.59 Å². The van der Waals surface area contributed by atoms with Gasteiger partial charge in [-0.1, -0.05) is 17.3 Å². The van der Waals surface area contributed by atoms with Gasteiger partial charge >= 0.3 is 18.1 Å². The van der Waals surface area contributed by atoms with E-state index < -0.39 is 46.9 Å². The number of rotatable bonds is 8. The highest BCUT2D eigenvalue weighted by Gasteiger charge is 2.32. The van der Waals surface area contributed by atoms with Crippen molar-refractivity contribution in [2.24, 2.45) is 0 Å². The zero-order chi connectivity index (χ0) is 26.8. The first kappa shape index (κ1) is 27.2. The molecule has 2 aromatic carbocycles. The molecule has 0 bridgehead atoms. The van der Waals surface area contributed by atoms with Gasteiger partial charge in [0.15, 0.2) is 5.76 Å². The quantitative estimate of drug-likeness (QED) is 0.280. The Morgan fingerprint density at radius 1 is 1.03 bits per heavy atom. The maximum Gasteiger partial charge on any atom is 0.416 e. The number of amides is 1. The smallest absolute Gasteiger partial charge is 0.416 e. The lowest BCUT2D eigenvalue weighted by Crippen LogP contribution is -2.43. The summed E-state index contributed by atoms with van der Waals surface area (Å²) in [6.45, 7) is 0. The molecule has 36 heavy (non-hydrogen) atoms. The van der Waals surface area contributed by atoms with Crippen molar-refractivity contribution < 1.29 is 47.4 Å². The normalized spacial score (nSPS) is 12.2. The number of phenols is 1. The van der Waals surface area contributed by atoms with Crippen molar-refractivity contribution in [3.05, 3.63) is 79.1 Å². The molecule has 1 aromatic heterocycles. The Morgan fingerprint density at radius 2 is 1.61 bits per heavy atom. The lowest BCUT2D eigenvalue weighted by molar-refractivity contribution is -0.139. The highest BCUT2D eigenvalue weighted by Crippen LogP contribution is 2.34. The summed E-state index contributed by atoms with van der Waals surface area (Å²) in [7, 11) is 0. The topological polar surface area (TPSA) is 150 Å². The Hall–Kier alpha value is -3.39. The van der Waals surface area contributed by atoms with Gasteiger partial charge in [-0.15, -0.1) is 0 Å². The molecule has 14 heteroatoms. The van der Waals surface area contributed by atoms with Crippen molar-refractivity contribution in [2.75, 3.05) is 0 Å². The molecule has 0 saturated carbocycles. The molecule has 1 heterocycles. The SMILES string of the molecule is O=C(O)c1noc(Cc2ccc(C(F)(F)F)cc2)c1C(=O)N[C@@H](Cc1cc(Br)c(O)c(Br)c1)C(=O)O.